The van der Waals surface area contributed by atoms with Crippen molar-refractivity contribution in [3.63, 3.8) is 0 Å². The molecule has 0 amide bonds. The third-order valence-corrected chi connectivity index (χ3v) is 3.26. The highest BCUT2D eigenvalue weighted by atomic mass is 79.9. The summed E-state index contributed by atoms with van der Waals surface area (Å²) in [5, 5.41) is 3.20. The van der Waals surface area contributed by atoms with Crippen LogP contribution < -0.4 is 10.1 Å². The summed E-state index contributed by atoms with van der Waals surface area (Å²) in [6, 6.07) is 7.95. The number of rotatable bonds is 8. The molecule has 0 aliphatic heterocycles. The van der Waals surface area contributed by atoms with Gasteiger partial charge in [0.05, 0.1) is 0 Å². The highest BCUT2D eigenvalue weighted by molar-refractivity contribution is 9.10. The van der Waals surface area contributed by atoms with Gasteiger partial charge in [-0.2, -0.15) is 0 Å². The molecule has 0 bridgehead atoms. The van der Waals surface area contributed by atoms with Gasteiger partial charge in [0.25, 0.3) is 0 Å². The molecule has 0 aliphatic carbocycles. The zero-order valence-electron chi connectivity index (χ0n) is 11.4. The summed E-state index contributed by atoms with van der Waals surface area (Å²) in [7, 11) is 4.13. The lowest BCUT2D eigenvalue weighted by Crippen LogP contribution is -2.32. The molecule has 0 aliphatic rings. The molecule has 0 spiro atoms. The lowest BCUT2D eigenvalue weighted by Gasteiger charge is -2.21. The molecular weight excluding hydrogens is 292 g/mol. The number of ether oxygens (including phenoxy) is 1. The standard InChI is InChI=1S/C14H23BrN2O/c1-12(10-16-2)11-17(3)8-9-18-14-6-4-13(15)5-7-14/h4-7,12,16H,8-11H2,1-3H3. The van der Waals surface area contributed by atoms with Crippen molar-refractivity contribution in [3.8, 4) is 5.75 Å². The van der Waals surface area contributed by atoms with Gasteiger partial charge in [-0.15, -0.1) is 0 Å². The first kappa shape index (κ1) is 15.5. The molecule has 4 heteroatoms. The Kier molecular flexibility index (Phi) is 7.32. The fourth-order valence-corrected chi connectivity index (χ4v) is 2.15. The summed E-state index contributed by atoms with van der Waals surface area (Å²) >= 11 is 3.41. The second-order valence-electron chi connectivity index (χ2n) is 4.73. The van der Waals surface area contributed by atoms with Crippen LogP contribution >= 0.6 is 15.9 Å². The Morgan fingerprint density at radius 2 is 2.00 bits per heavy atom. The highest BCUT2D eigenvalue weighted by Crippen LogP contribution is 2.15. The van der Waals surface area contributed by atoms with E-state index in [2.05, 4.69) is 40.1 Å². The second-order valence-corrected chi connectivity index (χ2v) is 5.64. The molecular formula is C14H23BrN2O. The Hall–Kier alpha value is -0.580. The molecule has 1 rings (SSSR count). The number of nitrogens with zero attached hydrogens (tertiary/aromatic N) is 1. The maximum absolute atomic E-state index is 5.70. The molecule has 1 unspecified atom stereocenters. The Morgan fingerprint density at radius 1 is 1.33 bits per heavy atom. The van der Waals surface area contributed by atoms with Gasteiger partial charge in [-0.05, 0) is 50.8 Å². The number of nitrogens with one attached hydrogen (secondary N) is 1. The van der Waals surface area contributed by atoms with Crippen molar-refractivity contribution >= 4 is 15.9 Å². The molecule has 102 valence electrons. The largest absolute Gasteiger partial charge is 0.492 e. The van der Waals surface area contributed by atoms with Gasteiger partial charge in [0.2, 0.25) is 0 Å². The number of hydrogen-bond donors (Lipinski definition) is 1. The first-order valence-electron chi connectivity index (χ1n) is 6.33. The molecule has 1 aromatic rings. The zero-order valence-corrected chi connectivity index (χ0v) is 13.0. The van der Waals surface area contributed by atoms with Crippen molar-refractivity contribution in [2.75, 3.05) is 40.3 Å². The van der Waals surface area contributed by atoms with Crippen LogP contribution in [-0.2, 0) is 0 Å². The summed E-state index contributed by atoms with van der Waals surface area (Å²) < 4.78 is 6.77. The van der Waals surface area contributed by atoms with E-state index in [0.29, 0.717) is 5.92 Å². The average molecular weight is 315 g/mol. The first-order chi connectivity index (χ1) is 8.61. The van der Waals surface area contributed by atoms with E-state index in [-0.39, 0.29) is 0 Å². The lowest BCUT2D eigenvalue weighted by atomic mass is 10.2. The Balaban J connectivity index is 2.18. The first-order valence-corrected chi connectivity index (χ1v) is 7.12. The third-order valence-electron chi connectivity index (χ3n) is 2.73. The average Bonchev–Trinajstić information content (AvgIpc) is 2.32. The number of benzene rings is 1. The zero-order chi connectivity index (χ0) is 13.4. The van der Waals surface area contributed by atoms with Crippen LogP contribution in [0, 0.1) is 5.92 Å². The summed E-state index contributed by atoms with van der Waals surface area (Å²) in [5.41, 5.74) is 0. The van der Waals surface area contributed by atoms with E-state index in [0.717, 1.165) is 36.5 Å². The molecule has 1 N–H and O–H groups in total. The van der Waals surface area contributed by atoms with Crippen molar-refractivity contribution in [3.05, 3.63) is 28.7 Å². The number of halogens is 1. The fraction of sp³-hybridized carbons (Fsp3) is 0.571. The quantitative estimate of drug-likeness (QED) is 0.798. The summed E-state index contributed by atoms with van der Waals surface area (Å²) in [4.78, 5) is 2.31. The molecule has 3 nitrogen and oxygen atoms in total. The van der Waals surface area contributed by atoms with Crippen molar-refractivity contribution in [2.24, 2.45) is 5.92 Å². The van der Waals surface area contributed by atoms with Crippen LogP contribution in [0.25, 0.3) is 0 Å². The van der Waals surface area contributed by atoms with E-state index in [4.69, 9.17) is 4.74 Å². The predicted molar refractivity (Wildman–Crippen MR) is 80.2 cm³/mol. The minimum absolute atomic E-state index is 0.660. The van der Waals surface area contributed by atoms with Crippen LogP contribution in [0.2, 0.25) is 0 Å². The van der Waals surface area contributed by atoms with E-state index >= 15 is 0 Å². The van der Waals surface area contributed by atoms with Gasteiger partial charge >= 0.3 is 0 Å². The molecule has 1 aromatic carbocycles. The highest BCUT2D eigenvalue weighted by Gasteiger charge is 2.05. The maximum atomic E-state index is 5.70. The molecule has 1 atom stereocenters. The Morgan fingerprint density at radius 3 is 2.61 bits per heavy atom. The van der Waals surface area contributed by atoms with Gasteiger partial charge in [0, 0.05) is 17.6 Å². The SMILES string of the molecule is CNCC(C)CN(C)CCOc1ccc(Br)cc1. The van der Waals surface area contributed by atoms with Gasteiger partial charge in [-0.1, -0.05) is 22.9 Å². The molecule has 0 fully saturated rings. The van der Waals surface area contributed by atoms with Crippen LogP contribution in [0.3, 0.4) is 0 Å². The van der Waals surface area contributed by atoms with Crippen molar-refractivity contribution in [1.29, 1.82) is 0 Å². The van der Waals surface area contributed by atoms with Gasteiger partial charge < -0.3 is 15.0 Å². The van der Waals surface area contributed by atoms with Gasteiger partial charge in [0.1, 0.15) is 12.4 Å². The Labute approximate surface area is 119 Å². The second kappa shape index (κ2) is 8.51. The molecule has 0 heterocycles. The van der Waals surface area contributed by atoms with Gasteiger partial charge in [-0.3, -0.25) is 0 Å². The summed E-state index contributed by atoms with van der Waals surface area (Å²) in [6.45, 7) is 6.07. The minimum atomic E-state index is 0.660. The van der Waals surface area contributed by atoms with Crippen molar-refractivity contribution in [2.45, 2.75) is 6.92 Å². The summed E-state index contributed by atoms with van der Waals surface area (Å²) in [5.74, 6) is 1.59. The van der Waals surface area contributed by atoms with Crippen molar-refractivity contribution in [1.82, 2.24) is 10.2 Å². The third kappa shape index (κ3) is 6.38. The minimum Gasteiger partial charge on any atom is -0.492 e. The topological polar surface area (TPSA) is 24.5 Å². The lowest BCUT2D eigenvalue weighted by molar-refractivity contribution is 0.218. The molecule has 18 heavy (non-hydrogen) atoms. The van der Waals surface area contributed by atoms with Crippen molar-refractivity contribution < 1.29 is 4.74 Å². The van der Waals surface area contributed by atoms with Crippen LogP contribution in [0.1, 0.15) is 6.92 Å². The van der Waals surface area contributed by atoms with E-state index in [9.17, 15) is 0 Å². The smallest absolute Gasteiger partial charge is 0.119 e. The molecule has 0 saturated heterocycles. The van der Waals surface area contributed by atoms with Crippen LogP contribution in [-0.4, -0.2) is 45.2 Å². The molecule has 0 aromatic heterocycles. The van der Waals surface area contributed by atoms with Crippen LogP contribution in [0.15, 0.2) is 28.7 Å². The van der Waals surface area contributed by atoms with Gasteiger partial charge in [-0.25, -0.2) is 0 Å². The van der Waals surface area contributed by atoms with Gasteiger partial charge in [0.15, 0.2) is 0 Å². The van der Waals surface area contributed by atoms with Crippen LogP contribution in [0.4, 0.5) is 0 Å². The number of hydrogen-bond acceptors (Lipinski definition) is 3. The normalized spacial score (nSPS) is 12.7. The Bertz CT molecular complexity index is 329. The number of likely N-dealkylation sites (N-methyl/N-ethyl adjacent to an activating group) is 1. The predicted octanol–water partition coefficient (Wildman–Crippen LogP) is 2.62. The maximum Gasteiger partial charge on any atom is 0.119 e. The summed E-state index contributed by atoms with van der Waals surface area (Å²) in [6.07, 6.45) is 0. The van der Waals surface area contributed by atoms with E-state index in [1.165, 1.54) is 0 Å². The molecule has 0 radical (unpaired) electrons. The van der Waals surface area contributed by atoms with Crippen LogP contribution in [0.5, 0.6) is 5.75 Å². The monoisotopic (exact) mass is 314 g/mol. The molecule has 0 saturated carbocycles. The van der Waals surface area contributed by atoms with E-state index in [1.54, 1.807) is 0 Å². The fourth-order valence-electron chi connectivity index (χ4n) is 1.89. The van der Waals surface area contributed by atoms with E-state index < -0.39 is 0 Å². The van der Waals surface area contributed by atoms with E-state index in [1.807, 2.05) is 31.3 Å².